The molecule has 1 amide bonds. The van der Waals surface area contributed by atoms with E-state index in [1.54, 1.807) is 0 Å². The van der Waals surface area contributed by atoms with Crippen LogP contribution in [0.3, 0.4) is 0 Å². The van der Waals surface area contributed by atoms with Crippen LogP contribution in [0.1, 0.15) is 6.92 Å². The number of carboxylic acid groups (broad SMARTS) is 1. The van der Waals surface area contributed by atoms with Crippen LogP contribution in [-0.4, -0.2) is 27.5 Å². The molecule has 0 aromatic carbocycles. The molecule has 4 N–H and O–H groups in total. The average Bonchev–Trinajstić information content (AvgIpc) is 1.64. The van der Waals surface area contributed by atoms with E-state index in [1.165, 1.54) is 6.92 Å². The van der Waals surface area contributed by atoms with Crippen molar-refractivity contribution >= 4 is 6.09 Å². The van der Waals surface area contributed by atoms with Crippen molar-refractivity contribution in [1.82, 2.24) is 5.01 Å². The second kappa shape index (κ2) is 2.49. The molecule has 0 aliphatic rings. The molecule has 0 saturated carbocycles. The highest BCUT2D eigenvalue weighted by Crippen LogP contribution is 1.84. The maximum Gasteiger partial charge on any atom is 0.423 e. The maximum atomic E-state index is 9.78. The Morgan fingerprint density at radius 1 is 1.88 bits per heavy atom. The van der Waals surface area contributed by atoms with Gasteiger partial charge in [0.15, 0.2) is 0 Å². The van der Waals surface area contributed by atoms with Gasteiger partial charge < -0.3 is 10.2 Å². The lowest BCUT2D eigenvalue weighted by Gasteiger charge is -2.14. The highest BCUT2D eigenvalue weighted by Gasteiger charge is 2.09. The van der Waals surface area contributed by atoms with E-state index in [9.17, 15) is 4.79 Å². The first-order chi connectivity index (χ1) is 3.55. The predicted octanol–water partition coefficient (Wildman–Crippen LogP) is -0.822. The highest BCUT2D eigenvalue weighted by atomic mass is 16.4. The Morgan fingerprint density at radius 2 is 2.25 bits per heavy atom. The first kappa shape index (κ1) is 7.19. The number of hydrazine groups is 1. The van der Waals surface area contributed by atoms with E-state index in [0.29, 0.717) is 5.01 Å². The normalized spacial score (nSPS) is 12.9. The zero-order chi connectivity index (χ0) is 6.73. The molecule has 1 atom stereocenters. The molecule has 0 aromatic rings. The van der Waals surface area contributed by atoms with Crippen molar-refractivity contribution in [3.05, 3.63) is 0 Å². The highest BCUT2D eigenvalue weighted by molar-refractivity contribution is 5.64. The minimum absolute atomic E-state index is 0.306. The summed E-state index contributed by atoms with van der Waals surface area (Å²) < 4.78 is 0. The lowest BCUT2D eigenvalue weighted by molar-refractivity contribution is 0.0246. The lowest BCUT2D eigenvalue weighted by atomic mass is 10.6. The summed E-state index contributed by atoms with van der Waals surface area (Å²) in [7, 11) is 0. The Balaban J connectivity index is 3.64. The van der Waals surface area contributed by atoms with E-state index >= 15 is 0 Å². The van der Waals surface area contributed by atoms with Crippen LogP contribution in [0.5, 0.6) is 0 Å². The molecular weight excluding hydrogens is 112 g/mol. The van der Waals surface area contributed by atoms with E-state index in [-0.39, 0.29) is 0 Å². The van der Waals surface area contributed by atoms with Gasteiger partial charge in [-0.1, -0.05) is 0 Å². The van der Waals surface area contributed by atoms with Crippen LogP contribution in [0.25, 0.3) is 0 Å². The molecule has 0 aliphatic carbocycles. The van der Waals surface area contributed by atoms with Crippen LogP contribution in [0.4, 0.5) is 4.79 Å². The Labute approximate surface area is 46.3 Å². The number of amides is 1. The van der Waals surface area contributed by atoms with Gasteiger partial charge >= 0.3 is 6.09 Å². The van der Waals surface area contributed by atoms with Crippen LogP contribution in [0.15, 0.2) is 0 Å². The third-order valence-electron chi connectivity index (χ3n) is 0.623. The third-order valence-corrected chi connectivity index (χ3v) is 0.623. The Kier molecular flexibility index (Phi) is 2.23. The van der Waals surface area contributed by atoms with Gasteiger partial charge in [0.1, 0.15) is 6.23 Å². The number of nitrogens with zero attached hydrogens (tertiary/aromatic N) is 1. The summed E-state index contributed by atoms with van der Waals surface area (Å²) in [5.41, 5.74) is 0. The van der Waals surface area contributed by atoms with Crippen LogP contribution < -0.4 is 5.84 Å². The summed E-state index contributed by atoms with van der Waals surface area (Å²) in [5.74, 6) is 4.74. The van der Waals surface area contributed by atoms with Crippen molar-refractivity contribution in [3.8, 4) is 0 Å². The summed E-state index contributed by atoms with van der Waals surface area (Å²) in [6.45, 7) is 1.26. The van der Waals surface area contributed by atoms with Gasteiger partial charge in [0, 0.05) is 0 Å². The summed E-state index contributed by atoms with van der Waals surface area (Å²) >= 11 is 0. The molecule has 0 aliphatic heterocycles. The number of hydrogen-bond donors (Lipinski definition) is 3. The lowest BCUT2D eigenvalue weighted by Crippen LogP contribution is -2.42. The molecule has 5 heteroatoms. The maximum absolute atomic E-state index is 9.78. The molecule has 0 spiro atoms. The second-order valence-corrected chi connectivity index (χ2v) is 1.32. The van der Waals surface area contributed by atoms with Crippen LogP contribution in [0.2, 0.25) is 0 Å². The molecule has 5 nitrogen and oxygen atoms in total. The van der Waals surface area contributed by atoms with Crippen LogP contribution in [0, 0.1) is 0 Å². The Morgan fingerprint density at radius 3 is 2.25 bits per heavy atom. The fraction of sp³-hybridized carbons (Fsp3) is 0.667. The van der Waals surface area contributed by atoms with Gasteiger partial charge in [-0.2, -0.15) is 0 Å². The molecule has 8 heavy (non-hydrogen) atoms. The van der Waals surface area contributed by atoms with Crippen molar-refractivity contribution in [2.45, 2.75) is 13.2 Å². The second-order valence-electron chi connectivity index (χ2n) is 1.32. The zero-order valence-corrected chi connectivity index (χ0v) is 4.40. The summed E-state index contributed by atoms with van der Waals surface area (Å²) in [5, 5.41) is 16.7. The molecule has 0 unspecified atom stereocenters. The quantitative estimate of drug-likeness (QED) is 0.182. The molecule has 0 bridgehead atoms. The molecule has 0 aromatic heterocycles. The van der Waals surface area contributed by atoms with Crippen molar-refractivity contribution in [2.75, 3.05) is 0 Å². The Bertz CT molecular complexity index is 92.5. The van der Waals surface area contributed by atoms with Gasteiger partial charge in [-0.25, -0.2) is 15.6 Å². The van der Waals surface area contributed by atoms with Gasteiger partial charge in [-0.15, -0.1) is 0 Å². The van der Waals surface area contributed by atoms with Crippen molar-refractivity contribution in [2.24, 2.45) is 5.84 Å². The summed E-state index contributed by atoms with van der Waals surface area (Å²) in [6.07, 6.45) is -2.49. The largest absolute Gasteiger partial charge is 0.464 e. The topological polar surface area (TPSA) is 86.8 Å². The van der Waals surface area contributed by atoms with Crippen LogP contribution in [-0.2, 0) is 0 Å². The number of hydrogen-bond acceptors (Lipinski definition) is 3. The van der Waals surface area contributed by atoms with Crippen LogP contribution >= 0.6 is 0 Å². The van der Waals surface area contributed by atoms with Crippen molar-refractivity contribution in [1.29, 1.82) is 0 Å². The monoisotopic (exact) mass is 120 g/mol. The smallest absolute Gasteiger partial charge is 0.423 e. The van der Waals surface area contributed by atoms with Gasteiger partial charge in [0.25, 0.3) is 0 Å². The average molecular weight is 120 g/mol. The van der Waals surface area contributed by atoms with E-state index < -0.39 is 12.3 Å². The zero-order valence-electron chi connectivity index (χ0n) is 4.40. The number of carbonyl (C=O) groups is 1. The molecule has 0 saturated heterocycles. The number of nitrogens with two attached hydrogens (primary N) is 1. The first-order valence-corrected chi connectivity index (χ1v) is 2.00. The van der Waals surface area contributed by atoms with E-state index in [0.717, 1.165) is 0 Å². The fourth-order valence-corrected chi connectivity index (χ4v) is 0.160. The fourth-order valence-electron chi connectivity index (χ4n) is 0.160. The number of aliphatic hydroxyl groups excluding tert-OH is 1. The molecule has 0 heterocycles. The SMILES string of the molecule is C[C@@H](O)N(N)C(=O)O. The summed E-state index contributed by atoms with van der Waals surface area (Å²) in [4.78, 5) is 9.78. The Hall–Kier alpha value is -0.810. The number of rotatable bonds is 1. The van der Waals surface area contributed by atoms with Gasteiger partial charge in [0.05, 0.1) is 0 Å². The molecule has 0 radical (unpaired) electrons. The van der Waals surface area contributed by atoms with Gasteiger partial charge in [-0.3, -0.25) is 0 Å². The third kappa shape index (κ3) is 1.76. The van der Waals surface area contributed by atoms with Crippen molar-refractivity contribution < 1.29 is 15.0 Å². The predicted molar refractivity (Wildman–Crippen MR) is 25.7 cm³/mol. The van der Waals surface area contributed by atoms with Gasteiger partial charge in [0.2, 0.25) is 0 Å². The minimum atomic E-state index is -1.35. The van der Waals surface area contributed by atoms with Gasteiger partial charge in [-0.05, 0) is 6.92 Å². The van der Waals surface area contributed by atoms with E-state index in [2.05, 4.69) is 0 Å². The standard InChI is InChI=1S/C3H8N2O3/c1-2(6)5(4)3(7)8/h2,6H,4H2,1H3,(H,7,8)/t2-/m1/s1. The van der Waals surface area contributed by atoms with Crippen molar-refractivity contribution in [3.63, 3.8) is 0 Å². The van der Waals surface area contributed by atoms with E-state index in [1.807, 2.05) is 0 Å². The molecule has 0 fully saturated rings. The molecule has 0 rings (SSSR count). The summed E-state index contributed by atoms with van der Waals surface area (Å²) in [6, 6.07) is 0. The number of aliphatic hydroxyl groups is 1. The molecular formula is C3H8N2O3. The molecule has 48 valence electrons. The van der Waals surface area contributed by atoms with E-state index in [4.69, 9.17) is 16.1 Å². The minimum Gasteiger partial charge on any atom is -0.464 e. The first-order valence-electron chi connectivity index (χ1n) is 2.00.